The number of hydrogen-bond acceptors (Lipinski definition) is 4. The number of ether oxygens (including phenoxy) is 1. The minimum atomic E-state index is 0.209. The maximum atomic E-state index is 5.87. The summed E-state index contributed by atoms with van der Waals surface area (Å²) in [5.74, 6) is 0.724. The first-order valence-corrected chi connectivity index (χ1v) is 5.32. The summed E-state index contributed by atoms with van der Waals surface area (Å²) in [6.45, 7) is 4.05. The molecule has 1 aliphatic carbocycles. The van der Waals surface area contributed by atoms with Crippen LogP contribution < -0.4 is 5.73 Å². The molecule has 0 atom stereocenters. The van der Waals surface area contributed by atoms with Crippen LogP contribution in [-0.4, -0.2) is 42.7 Å². The Bertz CT molecular complexity index is 246. The topological polar surface area (TPSA) is 50.8 Å². The Balaban J connectivity index is 2.01. The Morgan fingerprint density at radius 1 is 1.64 bits per heavy atom. The van der Waals surface area contributed by atoms with E-state index in [0.717, 1.165) is 38.3 Å². The molecule has 4 heteroatoms. The van der Waals surface area contributed by atoms with Crippen molar-refractivity contribution in [1.82, 2.24) is 4.90 Å². The molecule has 2 rings (SSSR count). The second-order valence-electron chi connectivity index (χ2n) is 4.32. The van der Waals surface area contributed by atoms with Gasteiger partial charge in [0.25, 0.3) is 0 Å². The quantitative estimate of drug-likeness (QED) is 0.720. The van der Waals surface area contributed by atoms with Gasteiger partial charge in [0, 0.05) is 13.7 Å². The van der Waals surface area contributed by atoms with Crippen LogP contribution in [0.25, 0.3) is 0 Å². The van der Waals surface area contributed by atoms with Gasteiger partial charge < -0.3 is 15.4 Å². The first-order valence-electron chi connectivity index (χ1n) is 5.32. The molecule has 0 aromatic rings. The van der Waals surface area contributed by atoms with Crippen molar-refractivity contribution in [3.8, 4) is 0 Å². The van der Waals surface area contributed by atoms with E-state index in [0.29, 0.717) is 6.10 Å². The van der Waals surface area contributed by atoms with Crippen molar-refractivity contribution in [3.05, 3.63) is 0 Å². The van der Waals surface area contributed by atoms with E-state index in [1.54, 1.807) is 7.11 Å². The molecule has 0 saturated heterocycles. The molecule has 1 spiro atoms. The monoisotopic (exact) mass is 197 g/mol. The average Bonchev–Trinajstić information content (AvgIpc) is 2.43. The molecule has 0 amide bonds. The number of hydrogen-bond donors (Lipinski definition) is 1. The maximum absolute atomic E-state index is 5.87. The second kappa shape index (κ2) is 3.42. The molecule has 2 aliphatic rings. The van der Waals surface area contributed by atoms with Crippen LogP contribution in [-0.2, 0) is 4.74 Å². The van der Waals surface area contributed by atoms with Crippen LogP contribution in [0.5, 0.6) is 0 Å². The lowest BCUT2D eigenvalue weighted by Gasteiger charge is -2.50. The zero-order valence-corrected chi connectivity index (χ0v) is 8.99. The number of nitrogens with two attached hydrogens (primary N) is 1. The van der Waals surface area contributed by atoms with Crippen LogP contribution in [0.2, 0.25) is 0 Å². The minimum Gasteiger partial charge on any atom is -0.381 e. The molecule has 14 heavy (non-hydrogen) atoms. The van der Waals surface area contributed by atoms with E-state index >= 15 is 0 Å². The Morgan fingerprint density at radius 3 is 2.93 bits per heavy atom. The molecule has 4 nitrogen and oxygen atoms in total. The fraction of sp³-hybridized carbons (Fsp3) is 0.900. The van der Waals surface area contributed by atoms with Gasteiger partial charge in [-0.3, -0.25) is 4.99 Å². The van der Waals surface area contributed by atoms with E-state index in [4.69, 9.17) is 10.5 Å². The second-order valence-corrected chi connectivity index (χ2v) is 4.32. The van der Waals surface area contributed by atoms with Gasteiger partial charge in [-0.1, -0.05) is 6.92 Å². The lowest BCUT2D eigenvalue weighted by atomic mass is 9.73. The van der Waals surface area contributed by atoms with Gasteiger partial charge >= 0.3 is 0 Å². The number of guanidine groups is 1. The maximum Gasteiger partial charge on any atom is 0.191 e. The Morgan fingerprint density at radius 2 is 2.36 bits per heavy atom. The van der Waals surface area contributed by atoms with Gasteiger partial charge in [0.1, 0.15) is 0 Å². The Hall–Kier alpha value is -0.770. The van der Waals surface area contributed by atoms with Crippen LogP contribution >= 0.6 is 0 Å². The van der Waals surface area contributed by atoms with Crippen molar-refractivity contribution in [2.24, 2.45) is 10.7 Å². The van der Waals surface area contributed by atoms with Gasteiger partial charge in [0.15, 0.2) is 5.96 Å². The van der Waals surface area contributed by atoms with Crippen molar-refractivity contribution in [2.75, 3.05) is 20.2 Å². The van der Waals surface area contributed by atoms with Gasteiger partial charge in [0.05, 0.1) is 18.2 Å². The summed E-state index contributed by atoms with van der Waals surface area (Å²) in [5, 5.41) is 0. The first kappa shape index (κ1) is 9.77. The van der Waals surface area contributed by atoms with Crippen molar-refractivity contribution in [3.63, 3.8) is 0 Å². The summed E-state index contributed by atoms with van der Waals surface area (Å²) in [4.78, 5) is 6.61. The van der Waals surface area contributed by atoms with Gasteiger partial charge in [0.2, 0.25) is 0 Å². The van der Waals surface area contributed by atoms with Crippen molar-refractivity contribution < 1.29 is 4.74 Å². The highest BCUT2D eigenvalue weighted by Gasteiger charge is 2.51. The third-order valence-corrected chi connectivity index (χ3v) is 3.38. The van der Waals surface area contributed by atoms with E-state index in [9.17, 15) is 0 Å². The molecule has 0 bridgehead atoms. The largest absolute Gasteiger partial charge is 0.381 e. The Labute approximate surface area is 85.1 Å². The predicted molar refractivity (Wildman–Crippen MR) is 56.2 cm³/mol. The minimum absolute atomic E-state index is 0.209. The summed E-state index contributed by atoms with van der Waals surface area (Å²) < 4.78 is 5.32. The third-order valence-electron chi connectivity index (χ3n) is 3.38. The van der Waals surface area contributed by atoms with Gasteiger partial charge in [-0.05, 0) is 19.3 Å². The van der Waals surface area contributed by atoms with Crippen molar-refractivity contribution in [2.45, 2.75) is 37.8 Å². The summed E-state index contributed by atoms with van der Waals surface area (Å²) in [6, 6.07) is 0. The number of rotatable bonds is 3. The van der Waals surface area contributed by atoms with Crippen LogP contribution in [0.15, 0.2) is 4.99 Å². The summed E-state index contributed by atoms with van der Waals surface area (Å²) >= 11 is 0. The van der Waals surface area contributed by atoms with Crippen LogP contribution in [0.3, 0.4) is 0 Å². The molecule has 0 radical (unpaired) electrons. The molecule has 1 saturated carbocycles. The number of methoxy groups -OCH3 is 1. The summed E-state index contributed by atoms with van der Waals surface area (Å²) in [5.41, 5.74) is 6.08. The lowest BCUT2D eigenvalue weighted by molar-refractivity contribution is -0.0563. The fourth-order valence-electron chi connectivity index (χ4n) is 2.52. The van der Waals surface area contributed by atoms with Crippen molar-refractivity contribution >= 4 is 5.96 Å². The van der Waals surface area contributed by atoms with Crippen LogP contribution in [0.1, 0.15) is 26.2 Å². The highest BCUT2D eigenvalue weighted by molar-refractivity contribution is 5.81. The SMILES string of the molecule is CCCN1C(N)=NCC12CC(OC)C2. The number of aliphatic imine (C=N–C) groups is 1. The third kappa shape index (κ3) is 1.29. The Kier molecular flexibility index (Phi) is 2.39. The summed E-state index contributed by atoms with van der Waals surface area (Å²) in [6.07, 6.45) is 3.69. The highest BCUT2D eigenvalue weighted by atomic mass is 16.5. The van der Waals surface area contributed by atoms with E-state index in [-0.39, 0.29) is 5.54 Å². The number of nitrogens with zero attached hydrogens (tertiary/aromatic N) is 2. The van der Waals surface area contributed by atoms with E-state index in [1.807, 2.05) is 0 Å². The zero-order chi connectivity index (χ0) is 10.2. The molecular formula is C10H19N3O. The summed E-state index contributed by atoms with van der Waals surface area (Å²) in [7, 11) is 1.78. The van der Waals surface area contributed by atoms with Gasteiger partial charge in [-0.25, -0.2) is 0 Å². The van der Waals surface area contributed by atoms with Crippen molar-refractivity contribution in [1.29, 1.82) is 0 Å². The smallest absolute Gasteiger partial charge is 0.191 e. The molecular weight excluding hydrogens is 178 g/mol. The molecule has 1 fully saturated rings. The molecule has 1 aliphatic heterocycles. The van der Waals surface area contributed by atoms with E-state index < -0.39 is 0 Å². The van der Waals surface area contributed by atoms with E-state index in [2.05, 4.69) is 16.8 Å². The standard InChI is InChI=1S/C10H19N3O/c1-3-4-13-9(11)12-7-10(13)5-8(6-10)14-2/h8H,3-7H2,1-2H3,(H2,11,12). The molecule has 0 unspecified atom stereocenters. The molecule has 1 heterocycles. The van der Waals surface area contributed by atoms with Crippen LogP contribution in [0.4, 0.5) is 0 Å². The predicted octanol–water partition coefficient (Wildman–Crippen LogP) is 0.574. The highest BCUT2D eigenvalue weighted by Crippen LogP contribution is 2.42. The molecule has 0 aromatic carbocycles. The van der Waals surface area contributed by atoms with Gasteiger partial charge in [-0.15, -0.1) is 0 Å². The fourth-order valence-corrected chi connectivity index (χ4v) is 2.52. The lowest BCUT2D eigenvalue weighted by Crippen LogP contribution is -2.61. The molecule has 80 valence electrons. The zero-order valence-electron chi connectivity index (χ0n) is 8.99. The normalized spacial score (nSPS) is 36.0. The van der Waals surface area contributed by atoms with Gasteiger partial charge in [-0.2, -0.15) is 0 Å². The molecule has 2 N–H and O–H groups in total. The average molecular weight is 197 g/mol. The molecule has 0 aromatic heterocycles. The first-order chi connectivity index (χ1) is 6.72. The van der Waals surface area contributed by atoms with E-state index in [1.165, 1.54) is 0 Å². The van der Waals surface area contributed by atoms with Crippen LogP contribution in [0, 0.1) is 0 Å².